The second-order valence-electron chi connectivity index (χ2n) is 3.13. The second-order valence-corrected chi connectivity index (χ2v) is 3.13. The topological polar surface area (TPSA) is 18.5 Å². The van der Waals surface area contributed by atoms with Crippen LogP contribution >= 0.6 is 0 Å². The second kappa shape index (κ2) is 27.2. The van der Waals surface area contributed by atoms with E-state index in [4.69, 9.17) is 0 Å². The summed E-state index contributed by atoms with van der Waals surface area (Å²) in [7, 11) is 1.57. The van der Waals surface area contributed by atoms with Crippen molar-refractivity contribution in [3.63, 3.8) is 0 Å². The molecule has 0 saturated carbocycles. The minimum Gasteiger partial charge on any atom is -0.378 e. The third-order valence-electron chi connectivity index (χ3n) is 1.97. The molecule has 0 N–H and O–H groups in total. The molecule has 24 heavy (non-hydrogen) atoms. The highest BCUT2D eigenvalue weighted by Crippen LogP contribution is 2.38. The van der Waals surface area contributed by atoms with E-state index < -0.39 is 31.7 Å². The maximum Gasteiger partial charge on any atom is 0.424 e. The zero-order chi connectivity index (χ0) is 16.1. The summed E-state index contributed by atoms with van der Waals surface area (Å²) in [5, 5.41) is 0. The van der Waals surface area contributed by atoms with E-state index in [2.05, 4.69) is 9.47 Å². The van der Waals surface area contributed by atoms with Crippen molar-refractivity contribution in [1.29, 1.82) is 0 Å². The number of hydrogen-bond acceptors (Lipinski definition) is 2. The summed E-state index contributed by atoms with van der Waals surface area (Å²) in [4.78, 5) is 0. The Morgan fingerprint density at radius 3 is 1.21 bits per heavy atom. The molecule has 0 spiro atoms. The summed E-state index contributed by atoms with van der Waals surface area (Å²) >= 11 is 0. The van der Waals surface area contributed by atoms with Crippen LogP contribution in [0.3, 0.4) is 0 Å². The summed E-state index contributed by atoms with van der Waals surface area (Å²) in [5.41, 5.74) is -3.27. The van der Waals surface area contributed by atoms with Crippen molar-refractivity contribution in [1.82, 2.24) is 0 Å². The predicted molar refractivity (Wildman–Crippen MR) is 86.2 cm³/mol. The first kappa shape index (κ1) is 49.5. The molecule has 0 aliphatic heterocycles. The number of ether oxygens (including phenoxy) is 2. The molecule has 160 valence electrons. The van der Waals surface area contributed by atoms with Crippen LogP contribution in [0.4, 0.5) is 35.4 Å². The van der Waals surface area contributed by atoms with Gasteiger partial charge in [0, 0.05) is 7.11 Å². The third-order valence-corrected chi connectivity index (χ3v) is 1.97. The third kappa shape index (κ3) is 21.4. The highest BCUT2D eigenvalue weighted by molar-refractivity contribution is 4.89. The van der Waals surface area contributed by atoms with Crippen LogP contribution in [-0.4, -0.2) is 46.0 Å². The van der Waals surface area contributed by atoms with E-state index in [0.29, 0.717) is 14.1 Å². The summed E-state index contributed by atoms with van der Waals surface area (Å²) in [6.45, 7) is -0.130. The van der Waals surface area contributed by atoms with Gasteiger partial charge in [0.05, 0.1) is 13.3 Å². The monoisotopic (exact) mass is 388 g/mol. The lowest BCUT2D eigenvalue weighted by Gasteiger charge is -2.30. The van der Waals surface area contributed by atoms with Crippen molar-refractivity contribution in [3.8, 4) is 0 Å². The Morgan fingerprint density at radius 2 is 1.17 bits per heavy atom. The van der Waals surface area contributed by atoms with Crippen LogP contribution in [0.25, 0.3) is 0 Å². The Morgan fingerprint density at radius 1 is 0.875 bits per heavy atom. The molecule has 0 bridgehead atoms. The summed E-state index contributed by atoms with van der Waals surface area (Å²) in [6.07, 6.45) is -6.32. The number of methoxy groups -OCH3 is 1. The van der Waals surface area contributed by atoms with Gasteiger partial charge in [0.1, 0.15) is 0 Å². The first-order chi connectivity index (χ1) is 8.68. The normalized spacial score (nSPS) is 12.1. The van der Waals surface area contributed by atoms with Gasteiger partial charge in [0.25, 0.3) is 0 Å². The van der Waals surface area contributed by atoms with Crippen molar-refractivity contribution in [2.24, 2.45) is 0 Å². The first-order valence-electron chi connectivity index (χ1n) is 5.04. The maximum absolute atomic E-state index is 13.0. The Hall–Kier alpha value is -0.640. The van der Waals surface area contributed by atoms with Gasteiger partial charge in [-0.2, -0.15) is 13.2 Å². The molecule has 2 nitrogen and oxygen atoms in total. The number of halogens is 8. The molecule has 2 unspecified atom stereocenters. The number of hydrogen-bond donors (Lipinski definition) is 0. The molecule has 0 heterocycles. The van der Waals surface area contributed by atoms with Gasteiger partial charge in [0.2, 0.25) is 5.67 Å². The predicted octanol–water partition coefficient (Wildman–Crippen LogP) is 6.84. The van der Waals surface area contributed by atoms with Gasteiger partial charge in [0.15, 0.2) is 13.7 Å². The fraction of sp³-hybridized carbons (Fsp3) is 1.00. The van der Waals surface area contributed by atoms with E-state index in [1.807, 2.05) is 0 Å². The van der Waals surface area contributed by atoms with Gasteiger partial charge < -0.3 is 9.47 Å². The Bertz CT molecular complexity index is 184. The van der Waals surface area contributed by atoms with E-state index >= 15 is 0 Å². The molecule has 0 fully saturated rings. The van der Waals surface area contributed by atoms with Gasteiger partial charge >= 0.3 is 6.18 Å². The van der Waals surface area contributed by atoms with E-state index in [1.54, 1.807) is 0 Å². The van der Waals surface area contributed by atoms with E-state index in [0.717, 1.165) is 7.11 Å². The molecule has 0 rings (SSSR count). The van der Waals surface area contributed by atoms with Crippen LogP contribution in [0.2, 0.25) is 0 Å². The van der Waals surface area contributed by atoms with Crippen LogP contribution < -0.4 is 0 Å². The molecule has 0 aliphatic carbocycles. The van der Waals surface area contributed by atoms with Gasteiger partial charge in [-0.3, -0.25) is 9.09 Å². The van der Waals surface area contributed by atoms with Crippen molar-refractivity contribution < 1.29 is 44.9 Å². The highest BCUT2D eigenvalue weighted by atomic mass is 19.4. The van der Waals surface area contributed by atoms with Crippen LogP contribution in [-0.2, 0) is 9.47 Å². The summed E-state index contributed by atoms with van der Waals surface area (Å²) < 4.78 is 87.5. The molecule has 0 aromatic heterocycles. The lowest BCUT2D eigenvalue weighted by Crippen LogP contribution is -2.48. The molecule has 0 aromatic rings. The van der Waals surface area contributed by atoms with Crippen LogP contribution in [0.5, 0.6) is 0 Å². The summed E-state index contributed by atoms with van der Waals surface area (Å²) in [6, 6.07) is 0. The Labute approximate surface area is 142 Å². The summed E-state index contributed by atoms with van der Waals surface area (Å²) in [5.74, 6) is 0. The van der Waals surface area contributed by atoms with Gasteiger partial charge in [-0.1, -0.05) is 36.6 Å². The largest absolute Gasteiger partial charge is 0.424 e. The van der Waals surface area contributed by atoms with Crippen molar-refractivity contribution in [2.45, 2.75) is 67.9 Å². The standard InChI is InChI=1S/C7H12F4O.C2H4F2O.CH3F.4CH4.FH/c1-4-5(12-3)6(2,8)7(9,10)11;3-1-5-2-4;1-2;;;;;/h5H,4H2,1-3H3;1-2H2;1H3;4*1H4;1H. The Balaban J connectivity index is -0.0000000313. The van der Waals surface area contributed by atoms with Crippen molar-refractivity contribution in [3.05, 3.63) is 0 Å². The molecule has 2 atom stereocenters. The molecule has 0 aromatic carbocycles. The van der Waals surface area contributed by atoms with Crippen molar-refractivity contribution >= 4 is 0 Å². The average Bonchev–Trinajstić information content (AvgIpc) is 2.33. The van der Waals surface area contributed by atoms with Gasteiger partial charge in [-0.05, 0) is 13.3 Å². The molecule has 0 saturated heterocycles. The number of rotatable bonds is 5. The van der Waals surface area contributed by atoms with Crippen LogP contribution in [0.15, 0.2) is 0 Å². The number of alkyl halides is 7. The van der Waals surface area contributed by atoms with Crippen LogP contribution in [0.1, 0.15) is 50.0 Å². The molecule has 0 amide bonds. The molecular weight excluding hydrogens is 352 g/mol. The SMILES string of the molecule is C.C.C.C.CCC(OC)C(C)(F)C(F)(F)F.CF.F.FCOCF. The minimum absolute atomic E-state index is 0. The zero-order valence-corrected chi connectivity index (χ0v) is 11.6. The minimum atomic E-state index is -4.87. The van der Waals surface area contributed by atoms with Crippen LogP contribution in [0, 0.1) is 0 Å². The van der Waals surface area contributed by atoms with E-state index in [9.17, 15) is 30.7 Å². The molecular formula is C14H36F8O2. The van der Waals surface area contributed by atoms with Gasteiger partial charge in [-0.15, -0.1) is 0 Å². The molecule has 0 radical (unpaired) electrons. The highest BCUT2D eigenvalue weighted by Gasteiger charge is 2.56. The van der Waals surface area contributed by atoms with E-state index in [1.165, 1.54) is 6.92 Å². The lowest BCUT2D eigenvalue weighted by atomic mass is 9.98. The van der Waals surface area contributed by atoms with Gasteiger partial charge in [-0.25, -0.2) is 13.2 Å². The fourth-order valence-corrected chi connectivity index (χ4v) is 0.983. The zero-order valence-electron chi connectivity index (χ0n) is 11.6. The maximum atomic E-state index is 13.0. The fourth-order valence-electron chi connectivity index (χ4n) is 0.983. The smallest absolute Gasteiger partial charge is 0.378 e. The Kier molecular flexibility index (Phi) is 56.1. The first-order valence-corrected chi connectivity index (χ1v) is 5.04. The quantitative estimate of drug-likeness (QED) is 0.480. The van der Waals surface area contributed by atoms with E-state index in [-0.39, 0.29) is 40.8 Å². The van der Waals surface area contributed by atoms with Crippen molar-refractivity contribution in [2.75, 3.05) is 28.0 Å². The lowest BCUT2D eigenvalue weighted by molar-refractivity contribution is -0.256. The molecule has 0 aliphatic rings. The average molecular weight is 388 g/mol. The molecule has 10 heteroatoms.